The van der Waals surface area contributed by atoms with E-state index in [9.17, 15) is 13.2 Å². The zero-order valence-electron chi connectivity index (χ0n) is 13.6. The molecule has 128 valence electrons. The van der Waals surface area contributed by atoms with Gasteiger partial charge in [0.2, 0.25) is 5.95 Å². The molecule has 0 spiro atoms. The van der Waals surface area contributed by atoms with E-state index < -0.39 is 15.7 Å². The molecule has 0 radical (unpaired) electrons. The number of hydrogen-bond donors (Lipinski definition) is 1. The Balaban J connectivity index is 1.92. The second-order valence-electron chi connectivity index (χ2n) is 5.56. The Labute approximate surface area is 146 Å². The number of carbonyl (C=O) groups is 1. The lowest BCUT2D eigenvalue weighted by atomic mass is 10.2. The van der Waals surface area contributed by atoms with E-state index in [2.05, 4.69) is 10.3 Å². The summed E-state index contributed by atoms with van der Waals surface area (Å²) in [6.45, 7) is 0. The number of imidazole rings is 1. The normalized spacial score (nSPS) is 11.2. The average molecular weight is 355 g/mol. The predicted molar refractivity (Wildman–Crippen MR) is 94.9 cm³/mol. The van der Waals surface area contributed by atoms with Crippen molar-refractivity contribution in [3.63, 3.8) is 0 Å². The SMILES string of the molecule is Cn1ccnc1NC(=O)c1ccccc1S(=O)(=O)Cc1ccccc1. The molecule has 0 aliphatic heterocycles. The van der Waals surface area contributed by atoms with Gasteiger partial charge in [-0.15, -0.1) is 0 Å². The zero-order valence-corrected chi connectivity index (χ0v) is 14.4. The first-order valence-corrected chi connectivity index (χ1v) is 9.27. The van der Waals surface area contributed by atoms with Gasteiger partial charge in [-0.2, -0.15) is 0 Å². The lowest BCUT2D eigenvalue weighted by Gasteiger charge is -2.11. The molecule has 0 fully saturated rings. The molecular formula is C18H17N3O3S. The molecule has 6 nitrogen and oxygen atoms in total. The van der Waals surface area contributed by atoms with Crippen LogP contribution < -0.4 is 5.32 Å². The molecule has 0 bridgehead atoms. The van der Waals surface area contributed by atoms with Crippen LogP contribution in [-0.4, -0.2) is 23.9 Å². The third-order valence-electron chi connectivity index (χ3n) is 3.71. The van der Waals surface area contributed by atoms with Crippen molar-refractivity contribution >= 4 is 21.7 Å². The van der Waals surface area contributed by atoms with E-state index in [-0.39, 0.29) is 16.2 Å². The van der Waals surface area contributed by atoms with Crippen molar-refractivity contribution in [3.05, 3.63) is 78.1 Å². The van der Waals surface area contributed by atoms with E-state index >= 15 is 0 Å². The van der Waals surface area contributed by atoms with Crippen LogP contribution in [0.1, 0.15) is 15.9 Å². The summed E-state index contributed by atoms with van der Waals surface area (Å²) < 4.78 is 27.2. The smallest absolute Gasteiger partial charge is 0.259 e. The van der Waals surface area contributed by atoms with Crippen molar-refractivity contribution in [2.24, 2.45) is 7.05 Å². The molecule has 0 aliphatic rings. The largest absolute Gasteiger partial charge is 0.320 e. The van der Waals surface area contributed by atoms with Crippen LogP contribution in [0.2, 0.25) is 0 Å². The molecule has 3 rings (SSSR count). The van der Waals surface area contributed by atoms with Crippen molar-refractivity contribution < 1.29 is 13.2 Å². The van der Waals surface area contributed by atoms with Gasteiger partial charge in [0.05, 0.1) is 16.2 Å². The minimum absolute atomic E-state index is 0.00515. The maximum atomic E-state index is 12.8. The molecule has 0 atom stereocenters. The Hall–Kier alpha value is -2.93. The Morgan fingerprint density at radius 2 is 1.76 bits per heavy atom. The maximum absolute atomic E-state index is 12.8. The van der Waals surface area contributed by atoms with Crippen LogP contribution in [0.3, 0.4) is 0 Å². The minimum atomic E-state index is -3.67. The number of carbonyl (C=O) groups excluding carboxylic acids is 1. The van der Waals surface area contributed by atoms with Gasteiger partial charge < -0.3 is 4.57 Å². The van der Waals surface area contributed by atoms with Crippen LogP contribution in [0.4, 0.5) is 5.95 Å². The molecule has 0 unspecified atom stereocenters. The lowest BCUT2D eigenvalue weighted by Crippen LogP contribution is -2.19. The van der Waals surface area contributed by atoms with E-state index in [1.165, 1.54) is 12.1 Å². The molecule has 2 aromatic carbocycles. The van der Waals surface area contributed by atoms with Crippen molar-refractivity contribution in [1.29, 1.82) is 0 Å². The Morgan fingerprint density at radius 1 is 1.08 bits per heavy atom. The van der Waals surface area contributed by atoms with Crippen LogP contribution in [0.15, 0.2) is 71.9 Å². The van der Waals surface area contributed by atoms with Crippen LogP contribution >= 0.6 is 0 Å². The highest BCUT2D eigenvalue weighted by Crippen LogP contribution is 2.21. The first-order chi connectivity index (χ1) is 12.0. The number of anilines is 1. The Bertz CT molecular complexity index is 995. The Morgan fingerprint density at radius 3 is 2.44 bits per heavy atom. The number of amides is 1. The number of rotatable bonds is 5. The van der Waals surface area contributed by atoms with Crippen molar-refractivity contribution in [2.45, 2.75) is 10.6 Å². The van der Waals surface area contributed by atoms with Gasteiger partial charge in [-0.05, 0) is 17.7 Å². The second kappa shape index (κ2) is 6.90. The fraction of sp³-hybridized carbons (Fsp3) is 0.111. The van der Waals surface area contributed by atoms with E-state index in [1.807, 2.05) is 6.07 Å². The minimum Gasteiger partial charge on any atom is -0.320 e. The van der Waals surface area contributed by atoms with Crippen LogP contribution in [-0.2, 0) is 22.6 Å². The van der Waals surface area contributed by atoms with Gasteiger partial charge >= 0.3 is 0 Å². The van der Waals surface area contributed by atoms with Gasteiger partial charge in [0.25, 0.3) is 5.91 Å². The van der Waals surface area contributed by atoms with E-state index in [4.69, 9.17) is 0 Å². The topological polar surface area (TPSA) is 81.1 Å². The molecule has 0 saturated carbocycles. The van der Waals surface area contributed by atoms with Gasteiger partial charge in [0, 0.05) is 19.4 Å². The summed E-state index contributed by atoms with van der Waals surface area (Å²) >= 11 is 0. The summed E-state index contributed by atoms with van der Waals surface area (Å²) in [6.07, 6.45) is 3.24. The molecule has 25 heavy (non-hydrogen) atoms. The second-order valence-corrected chi connectivity index (χ2v) is 7.51. The van der Waals surface area contributed by atoms with Gasteiger partial charge in [-0.1, -0.05) is 42.5 Å². The van der Waals surface area contributed by atoms with Crippen LogP contribution in [0, 0.1) is 0 Å². The number of nitrogens with zero attached hydrogens (tertiary/aromatic N) is 2. The fourth-order valence-electron chi connectivity index (χ4n) is 2.45. The maximum Gasteiger partial charge on any atom is 0.259 e. The highest BCUT2D eigenvalue weighted by Gasteiger charge is 2.23. The summed E-state index contributed by atoms with van der Waals surface area (Å²) in [6, 6.07) is 15.1. The highest BCUT2D eigenvalue weighted by atomic mass is 32.2. The summed E-state index contributed by atoms with van der Waals surface area (Å²) in [7, 11) is -1.93. The van der Waals surface area contributed by atoms with E-state index in [0.717, 1.165) is 0 Å². The van der Waals surface area contributed by atoms with Gasteiger partial charge in [-0.3, -0.25) is 10.1 Å². The first kappa shape index (κ1) is 16.9. The van der Waals surface area contributed by atoms with Crippen LogP contribution in [0.5, 0.6) is 0 Å². The molecule has 1 heterocycles. The fourth-order valence-corrected chi connectivity index (χ4v) is 4.02. The highest BCUT2D eigenvalue weighted by molar-refractivity contribution is 7.90. The molecule has 1 aromatic heterocycles. The first-order valence-electron chi connectivity index (χ1n) is 7.62. The average Bonchev–Trinajstić information content (AvgIpc) is 3.00. The predicted octanol–water partition coefficient (Wildman–Crippen LogP) is 2.65. The van der Waals surface area contributed by atoms with Crippen molar-refractivity contribution in [2.75, 3.05) is 5.32 Å². The van der Waals surface area contributed by atoms with Crippen molar-refractivity contribution in [1.82, 2.24) is 9.55 Å². The molecule has 7 heteroatoms. The number of nitrogens with one attached hydrogen (secondary N) is 1. The molecule has 1 amide bonds. The number of aryl methyl sites for hydroxylation is 1. The Kier molecular flexibility index (Phi) is 4.67. The van der Waals surface area contributed by atoms with Crippen LogP contribution in [0.25, 0.3) is 0 Å². The molecule has 0 saturated heterocycles. The van der Waals surface area contributed by atoms with Gasteiger partial charge in [0.1, 0.15) is 0 Å². The third kappa shape index (κ3) is 3.77. The molecule has 1 N–H and O–H groups in total. The number of benzene rings is 2. The summed E-state index contributed by atoms with van der Waals surface area (Å²) in [5.74, 6) is -0.331. The van der Waals surface area contributed by atoms with Crippen molar-refractivity contribution in [3.8, 4) is 0 Å². The summed E-state index contributed by atoms with van der Waals surface area (Å²) in [5, 5.41) is 2.63. The van der Waals surface area contributed by atoms with E-state index in [1.54, 1.807) is 60.4 Å². The molecule has 0 aliphatic carbocycles. The van der Waals surface area contributed by atoms with E-state index in [0.29, 0.717) is 11.5 Å². The quantitative estimate of drug-likeness (QED) is 0.763. The lowest BCUT2D eigenvalue weighted by molar-refractivity contribution is 0.102. The third-order valence-corrected chi connectivity index (χ3v) is 5.45. The number of sulfone groups is 1. The summed E-state index contributed by atoms with van der Waals surface area (Å²) in [4.78, 5) is 16.6. The number of hydrogen-bond acceptors (Lipinski definition) is 4. The van der Waals surface area contributed by atoms with Gasteiger partial charge in [0.15, 0.2) is 9.84 Å². The molecular weight excluding hydrogens is 338 g/mol. The zero-order chi connectivity index (χ0) is 17.9. The number of aromatic nitrogens is 2. The van der Waals surface area contributed by atoms with Gasteiger partial charge in [-0.25, -0.2) is 13.4 Å². The molecule has 3 aromatic rings. The monoisotopic (exact) mass is 355 g/mol. The summed E-state index contributed by atoms with van der Waals surface area (Å²) in [5.41, 5.74) is 0.767. The standard InChI is InChI=1S/C18H17N3O3S/c1-21-12-11-19-18(21)20-17(22)15-9-5-6-10-16(15)25(23,24)13-14-7-3-2-4-8-14/h2-12H,13H2,1H3,(H,19,20,22).